The largest absolute Gasteiger partial charge is 0.301 e. The van der Waals surface area contributed by atoms with Crippen LogP contribution in [-0.2, 0) is 0 Å². The van der Waals surface area contributed by atoms with Gasteiger partial charge in [-0.2, -0.15) is 0 Å². The van der Waals surface area contributed by atoms with E-state index in [-0.39, 0.29) is 0 Å². The molecule has 0 aliphatic carbocycles. The Morgan fingerprint density at radius 2 is 2.46 bits per heavy atom. The summed E-state index contributed by atoms with van der Waals surface area (Å²) < 4.78 is 2.23. The Morgan fingerprint density at radius 3 is 3.08 bits per heavy atom. The van der Waals surface area contributed by atoms with E-state index in [1.54, 1.807) is 6.20 Å². The van der Waals surface area contributed by atoms with E-state index < -0.39 is 0 Å². The van der Waals surface area contributed by atoms with E-state index in [0.29, 0.717) is 0 Å². The van der Waals surface area contributed by atoms with Gasteiger partial charge in [-0.15, -0.1) is 0 Å². The summed E-state index contributed by atoms with van der Waals surface area (Å²) in [6, 6.07) is 2.04. The number of hydrogen-bond donors (Lipinski definition) is 0. The van der Waals surface area contributed by atoms with E-state index in [1.807, 2.05) is 24.9 Å². The highest BCUT2D eigenvalue weighted by molar-refractivity contribution is 8.00. The lowest BCUT2D eigenvalue weighted by Gasteiger charge is -2.14. The second-order valence-electron chi connectivity index (χ2n) is 3.08. The molecule has 0 N–H and O–H groups in total. The van der Waals surface area contributed by atoms with Crippen LogP contribution in [0.1, 0.15) is 12.0 Å². The van der Waals surface area contributed by atoms with Gasteiger partial charge in [-0.05, 0) is 36.9 Å². The highest BCUT2D eigenvalue weighted by atomic mass is 35.5. The summed E-state index contributed by atoms with van der Waals surface area (Å²) in [5.41, 5.74) is 1.10. The molecule has 0 amide bonds. The number of nitrogens with zero attached hydrogens (tertiary/aromatic N) is 2. The van der Waals surface area contributed by atoms with Gasteiger partial charge in [-0.3, -0.25) is 0 Å². The molecule has 0 spiro atoms. The van der Waals surface area contributed by atoms with Gasteiger partial charge < -0.3 is 4.31 Å². The van der Waals surface area contributed by atoms with Crippen LogP contribution in [0.4, 0.5) is 5.82 Å². The van der Waals surface area contributed by atoms with Crippen molar-refractivity contribution in [3.8, 4) is 0 Å². The van der Waals surface area contributed by atoms with E-state index in [1.165, 1.54) is 12.2 Å². The molecule has 1 aliphatic rings. The third-order valence-electron chi connectivity index (χ3n) is 2.04. The summed E-state index contributed by atoms with van der Waals surface area (Å²) >= 11 is 7.74. The topological polar surface area (TPSA) is 16.1 Å². The molecule has 1 saturated heterocycles. The van der Waals surface area contributed by atoms with Gasteiger partial charge in [0.05, 0.1) is 5.02 Å². The van der Waals surface area contributed by atoms with Gasteiger partial charge in [0.1, 0.15) is 5.82 Å². The summed E-state index contributed by atoms with van der Waals surface area (Å²) in [6.45, 7) is 3.10. The van der Waals surface area contributed by atoms with Crippen LogP contribution in [0, 0.1) is 6.92 Å². The number of aryl methyl sites for hydroxylation is 1. The van der Waals surface area contributed by atoms with Gasteiger partial charge in [-0.1, -0.05) is 11.6 Å². The Labute approximate surface area is 87.4 Å². The zero-order chi connectivity index (χ0) is 9.26. The quantitative estimate of drug-likeness (QED) is 0.669. The lowest BCUT2D eigenvalue weighted by molar-refractivity contribution is 0.972. The maximum absolute atomic E-state index is 5.90. The van der Waals surface area contributed by atoms with Crippen molar-refractivity contribution >= 4 is 29.4 Å². The fraction of sp³-hybridized carbons (Fsp3) is 0.444. The highest BCUT2D eigenvalue weighted by Gasteiger charge is 2.14. The molecule has 2 rings (SSSR count). The van der Waals surface area contributed by atoms with Gasteiger partial charge in [0.25, 0.3) is 0 Å². The molecule has 1 aromatic rings. The van der Waals surface area contributed by atoms with Crippen LogP contribution >= 0.6 is 23.5 Å². The number of halogens is 1. The van der Waals surface area contributed by atoms with Crippen LogP contribution in [0.15, 0.2) is 12.3 Å². The minimum absolute atomic E-state index is 0.743. The zero-order valence-corrected chi connectivity index (χ0v) is 9.03. The molecule has 1 aromatic heterocycles. The average molecular weight is 215 g/mol. The van der Waals surface area contributed by atoms with Crippen LogP contribution in [0.5, 0.6) is 0 Å². The zero-order valence-electron chi connectivity index (χ0n) is 7.46. The van der Waals surface area contributed by atoms with Crippen molar-refractivity contribution in [3.05, 3.63) is 22.8 Å². The predicted octanol–water partition coefficient (Wildman–Crippen LogP) is 2.90. The average Bonchev–Trinajstić information content (AvgIpc) is 2.62. The van der Waals surface area contributed by atoms with E-state index in [0.717, 1.165) is 22.9 Å². The molecule has 2 nitrogen and oxygen atoms in total. The third-order valence-corrected chi connectivity index (χ3v) is 3.59. The SMILES string of the molecule is Cc1cc(N2CCCS2)ncc1Cl. The van der Waals surface area contributed by atoms with Crippen molar-refractivity contribution in [3.63, 3.8) is 0 Å². The summed E-state index contributed by atoms with van der Waals surface area (Å²) in [4.78, 5) is 4.29. The first-order chi connectivity index (χ1) is 6.27. The molecule has 70 valence electrons. The van der Waals surface area contributed by atoms with Crippen molar-refractivity contribution in [2.24, 2.45) is 0 Å². The van der Waals surface area contributed by atoms with Crippen molar-refractivity contribution in [1.82, 2.24) is 4.98 Å². The molecule has 13 heavy (non-hydrogen) atoms. The molecule has 2 heterocycles. The van der Waals surface area contributed by atoms with Gasteiger partial charge in [0.15, 0.2) is 0 Å². The predicted molar refractivity (Wildman–Crippen MR) is 58.4 cm³/mol. The number of aromatic nitrogens is 1. The van der Waals surface area contributed by atoms with Crippen molar-refractivity contribution in [2.75, 3.05) is 16.6 Å². The van der Waals surface area contributed by atoms with Gasteiger partial charge in [0, 0.05) is 18.5 Å². The fourth-order valence-electron chi connectivity index (χ4n) is 1.29. The Balaban J connectivity index is 2.25. The van der Waals surface area contributed by atoms with Crippen molar-refractivity contribution in [1.29, 1.82) is 0 Å². The highest BCUT2D eigenvalue weighted by Crippen LogP contribution is 2.28. The number of rotatable bonds is 1. The molecule has 0 radical (unpaired) electrons. The lowest BCUT2D eigenvalue weighted by Crippen LogP contribution is -2.10. The van der Waals surface area contributed by atoms with Crippen LogP contribution in [-0.4, -0.2) is 17.3 Å². The maximum atomic E-state index is 5.90. The Bertz CT molecular complexity index is 310. The minimum Gasteiger partial charge on any atom is -0.301 e. The molecule has 1 fully saturated rings. The number of pyridine rings is 1. The van der Waals surface area contributed by atoms with E-state index in [4.69, 9.17) is 11.6 Å². The van der Waals surface area contributed by atoms with Crippen molar-refractivity contribution < 1.29 is 0 Å². The first-order valence-corrected chi connectivity index (χ1v) is 5.62. The van der Waals surface area contributed by atoms with Gasteiger partial charge >= 0.3 is 0 Å². The molecule has 0 saturated carbocycles. The molecular weight excluding hydrogens is 204 g/mol. The van der Waals surface area contributed by atoms with E-state index in [9.17, 15) is 0 Å². The first-order valence-electron chi connectivity index (χ1n) is 4.30. The maximum Gasteiger partial charge on any atom is 0.138 e. The molecule has 0 atom stereocenters. The minimum atomic E-state index is 0.743. The van der Waals surface area contributed by atoms with E-state index >= 15 is 0 Å². The van der Waals surface area contributed by atoms with Gasteiger partial charge in [0.2, 0.25) is 0 Å². The Hall–Kier alpha value is -0.410. The second kappa shape index (κ2) is 3.76. The monoisotopic (exact) mass is 214 g/mol. The molecule has 1 aliphatic heterocycles. The normalized spacial score (nSPS) is 16.6. The summed E-state index contributed by atoms with van der Waals surface area (Å²) in [7, 11) is 0. The van der Waals surface area contributed by atoms with Crippen LogP contribution in [0.25, 0.3) is 0 Å². The Morgan fingerprint density at radius 1 is 1.62 bits per heavy atom. The summed E-state index contributed by atoms with van der Waals surface area (Å²) in [6.07, 6.45) is 2.97. The van der Waals surface area contributed by atoms with Crippen LogP contribution < -0.4 is 4.31 Å². The van der Waals surface area contributed by atoms with Crippen molar-refractivity contribution in [2.45, 2.75) is 13.3 Å². The van der Waals surface area contributed by atoms with Crippen LogP contribution in [0.2, 0.25) is 5.02 Å². The Kier molecular flexibility index (Phi) is 2.65. The standard InChI is InChI=1S/C9H11ClN2S/c1-7-5-9(11-6-8(7)10)12-3-2-4-13-12/h5-6H,2-4H2,1H3. The summed E-state index contributed by atoms with van der Waals surface area (Å²) in [5.74, 6) is 2.23. The lowest BCUT2D eigenvalue weighted by atomic mass is 10.3. The third kappa shape index (κ3) is 1.92. The van der Waals surface area contributed by atoms with E-state index in [2.05, 4.69) is 9.29 Å². The first kappa shape index (κ1) is 9.16. The summed E-state index contributed by atoms with van der Waals surface area (Å²) in [5, 5.41) is 0.743. The number of anilines is 1. The fourth-order valence-corrected chi connectivity index (χ4v) is 2.36. The molecule has 0 unspecified atom stereocenters. The van der Waals surface area contributed by atoms with Crippen LogP contribution in [0.3, 0.4) is 0 Å². The molecule has 0 bridgehead atoms. The molecule has 4 heteroatoms. The molecular formula is C9H11ClN2S. The smallest absolute Gasteiger partial charge is 0.138 e. The second-order valence-corrected chi connectivity index (χ2v) is 4.59. The van der Waals surface area contributed by atoms with Gasteiger partial charge in [-0.25, -0.2) is 4.98 Å². The number of hydrogen-bond acceptors (Lipinski definition) is 3. The molecule has 0 aromatic carbocycles.